The first-order chi connectivity index (χ1) is 16.5. The van der Waals surface area contributed by atoms with Gasteiger partial charge < -0.3 is 14.4 Å². The van der Waals surface area contributed by atoms with Gasteiger partial charge in [0, 0.05) is 30.8 Å². The zero-order chi connectivity index (χ0) is 23.8. The molecular weight excluding hydrogens is 428 g/mol. The summed E-state index contributed by atoms with van der Waals surface area (Å²) in [6.45, 7) is 2.61. The monoisotopic (exact) mass is 456 g/mol. The standard InChI is InChI=1S/C27H28N4O3/c1-17-25-21(16-22(18-9-6-5-7-10-18)28-26(25)30(2)29-17)27(32)31-14-8-11-23(31)20-13-12-19(33-3)15-24(20)34-4/h5-7,9-10,12-13,15-16,23H,8,11,14H2,1-4H3. The fourth-order valence-corrected chi connectivity index (χ4v) is 4.95. The van der Waals surface area contributed by atoms with Crippen molar-refractivity contribution in [1.29, 1.82) is 0 Å². The Labute approximate surface area is 198 Å². The van der Waals surface area contributed by atoms with Crippen LogP contribution >= 0.6 is 0 Å². The molecule has 0 aliphatic carbocycles. The van der Waals surface area contributed by atoms with Crippen LogP contribution in [0.15, 0.2) is 54.6 Å². The molecule has 7 nitrogen and oxygen atoms in total. The number of methoxy groups -OCH3 is 2. The second kappa shape index (κ2) is 8.82. The van der Waals surface area contributed by atoms with Crippen LogP contribution in [0.4, 0.5) is 0 Å². The van der Waals surface area contributed by atoms with Gasteiger partial charge in [-0.05, 0) is 38.0 Å². The van der Waals surface area contributed by atoms with Gasteiger partial charge in [0.2, 0.25) is 0 Å². The van der Waals surface area contributed by atoms with Gasteiger partial charge in [0.15, 0.2) is 5.65 Å². The van der Waals surface area contributed by atoms with E-state index in [0.29, 0.717) is 17.8 Å². The number of nitrogens with zero attached hydrogens (tertiary/aromatic N) is 4. The largest absolute Gasteiger partial charge is 0.497 e. The number of aromatic nitrogens is 3. The molecule has 2 aromatic carbocycles. The second-order valence-corrected chi connectivity index (χ2v) is 8.59. The Bertz CT molecular complexity index is 1360. The van der Waals surface area contributed by atoms with Gasteiger partial charge in [0.25, 0.3) is 5.91 Å². The average Bonchev–Trinajstić information content (AvgIpc) is 3.47. The average molecular weight is 457 g/mol. The molecule has 34 heavy (non-hydrogen) atoms. The lowest BCUT2D eigenvalue weighted by molar-refractivity contribution is 0.0736. The Kier molecular flexibility index (Phi) is 5.69. The number of aryl methyl sites for hydroxylation is 2. The molecule has 1 unspecified atom stereocenters. The van der Waals surface area contributed by atoms with E-state index in [1.54, 1.807) is 18.9 Å². The van der Waals surface area contributed by atoms with Crippen molar-refractivity contribution in [1.82, 2.24) is 19.7 Å². The quantitative estimate of drug-likeness (QED) is 0.426. The predicted molar refractivity (Wildman–Crippen MR) is 131 cm³/mol. The minimum atomic E-state index is -0.0753. The number of pyridine rings is 1. The summed E-state index contributed by atoms with van der Waals surface area (Å²) in [4.78, 5) is 20.9. The van der Waals surface area contributed by atoms with Crippen LogP contribution in [0.5, 0.6) is 11.5 Å². The second-order valence-electron chi connectivity index (χ2n) is 8.59. The summed E-state index contributed by atoms with van der Waals surface area (Å²) in [7, 11) is 5.15. The van der Waals surface area contributed by atoms with Crippen LogP contribution in [0, 0.1) is 6.92 Å². The molecule has 2 aromatic heterocycles. The number of ether oxygens (including phenoxy) is 2. The van der Waals surface area contributed by atoms with Crippen LogP contribution in [-0.2, 0) is 7.05 Å². The maximum Gasteiger partial charge on any atom is 0.255 e. The van der Waals surface area contributed by atoms with Crippen molar-refractivity contribution in [3.8, 4) is 22.8 Å². The van der Waals surface area contributed by atoms with Gasteiger partial charge >= 0.3 is 0 Å². The number of amides is 1. The summed E-state index contributed by atoms with van der Waals surface area (Å²) >= 11 is 0. The van der Waals surface area contributed by atoms with Gasteiger partial charge in [-0.2, -0.15) is 5.10 Å². The summed E-state index contributed by atoms with van der Waals surface area (Å²) in [5.74, 6) is 1.44. The lowest BCUT2D eigenvalue weighted by atomic mass is 10.0. The van der Waals surface area contributed by atoms with E-state index in [2.05, 4.69) is 5.10 Å². The van der Waals surface area contributed by atoms with Gasteiger partial charge in [-0.15, -0.1) is 0 Å². The number of hydrogen-bond acceptors (Lipinski definition) is 5. The molecule has 3 heterocycles. The highest BCUT2D eigenvalue weighted by Gasteiger charge is 2.34. The highest BCUT2D eigenvalue weighted by atomic mass is 16.5. The number of benzene rings is 2. The molecular formula is C27H28N4O3. The first-order valence-corrected chi connectivity index (χ1v) is 11.4. The maximum absolute atomic E-state index is 14.1. The molecule has 7 heteroatoms. The summed E-state index contributed by atoms with van der Waals surface area (Å²) in [6.07, 6.45) is 1.80. The summed E-state index contributed by atoms with van der Waals surface area (Å²) in [6, 6.07) is 17.6. The van der Waals surface area contributed by atoms with Crippen molar-refractivity contribution in [3.05, 3.63) is 71.4 Å². The third-order valence-corrected chi connectivity index (χ3v) is 6.58. The molecule has 0 saturated carbocycles. The number of carbonyl (C=O) groups excluding carboxylic acids is 1. The molecule has 0 bridgehead atoms. The minimum absolute atomic E-state index is 0.0129. The number of fused-ring (bicyclic) bond motifs is 1. The molecule has 174 valence electrons. The Morgan fingerprint density at radius 1 is 1.06 bits per heavy atom. The molecule has 1 saturated heterocycles. The molecule has 1 atom stereocenters. The van der Waals surface area contributed by atoms with Crippen LogP contribution in [0.25, 0.3) is 22.3 Å². The van der Waals surface area contributed by atoms with Gasteiger partial charge in [0.05, 0.1) is 42.6 Å². The van der Waals surface area contributed by atoms with E-state index < -0.39 is 0 Å². The topological polar surface area (TPSA) is 69.5 Å². The first kappa shape index (κ1) is 21.9. The zero-order valence-electron chi connectivity index (χ0n) is 19.9. The van der Waals surface area contributed by atoms with E-state index in [-0.39, 0.29) is 11.9 Å². The highest BCUT2D eigenvalue weighted by Crippen LogP contribution is 2.40. The molecule has 1 fully saturated rings. The Hall–Kier alpha value is -3.87. The Morgan fingerprint density at radius 3 is 2.59 bits per heavy atom. The van der Waals surface area contributed by atoms with Crippen molar-refractivity contribution in [2.24, 2.45) is 7.05 Å². The number of carbonyl (C=O) groups is 1. The molecule has 1 amide bonds. The van der Waals surface area contributed by atoms with Crippen LogP contribution in [0.2, 0.25) is 0 Å². The smallest absolute Gasteiger partial charge is 0.255 e. The van der Waals surface area contributed by atoms with Crippen LogP contribution in [0.3, 0.4) is 0 Å². The van der Waals surface area contributed by atoms with Gasteiger partial charge in [-0.25, -0.2) is 4.98 Å². The highest BCUT2D eigenvalue weighted by molar-refractivity contribution is 6.07. The first-order valence-electron chi connectivity index (χ1n) is 11.4. The number of hydrogen-bond donors (Lipinski definition) is 0. The fraction of sp³-hybridized carbons (Fsp3) is 0.296. The molecule has 1 aliphatic heterocycles. The van der Waals surface area contributed by atoms with Gasteiger partial charge in [0.1, 0.15) is 11.5 Å². The maximum atomic E-state index is 14.1. The molecule has 0 spiro atoms. The third-order valence-electron chi connectivity index (χ3n) is 6.58. The van der Waals surface area contributed by atoms with E-state index in [1.165, 1.54) is 0 Å². The van der Waals surface area contributed by atoms with Crippen molar-refractivity contribution >= 4 is 16.9 Å². The molecule has 1 aliphatic rings. The Balaban J connectivity index is 1.62. The van der Waals surface area contributed by atoms with E-state index in [1.807, 2.05) is 73.5 Å². The van der Waals surface area contributed by atoms with Crippen molar-refractivity contribution in [2.75, 3.05) is 20.8 Å². The lowest BCUT2D eigenvalue weighted by Gasteiger charge is -2.27. The number of rotatable bonds is 5. The van der Waals surface area contributed by atoms with E-state index in [0.717, 1.165) is 52.2 Å². The predicted octanol–water partition coefficient (Wildman–Crippen LogP) is 4.94. The SMILES string of the molecule is COc1ccc(C2CCCN2C(=O)c2cc(-c3ccccc3)nc3c2c(C)nn3C)c(OC)c1. The summed E-state index contributed by atoms with van der Waals surface area (Å²) < 4.78 is 12.8. The van der Waals surface area contributed by atoms with Crippen molar-refractivity contribution in [2.45, 2.75) is 25.8 Å². The zero-order valence-corrected chi connectivity index (χ0v) is 19.9. The Morgan fingerprint density at radius 2 is 1.85 bits per heavy atom. The summed E-state index contributed by atoms with van der Waals surface area (Å²) in [5, 5.41) is 5.37. The van der Waals surface area contributed by atoms with Crippen LogP contribution in [0.1, 0.15) is 40.5 Å². The number of likely N-dealkylation sites (tertiary alicyclic amines) is 1. The normalized spacial score (nSPS) is 15.6. The molecule has 0 radical (unpaired) electrons. The lowest BCUT2D eigenvalue weighted by Crippen LogP contribution is -2.31. The van der Waals surface area contributed by atoms with Crippen LogP contribution in [-0.4, -0.2) is 46.3 Å². The molecule has 5 rings (SSSR count). The minimum Gasteiger partial charge on any atom is -0.497 e. The van der Waals surface area contributed by atoms with E-state index in [4.69, 9.17) is 14.5 Å². The summed E-state index contributed by atoms with van der Waals surface area (Å²) in [5.41, 5.74) is 4.86. The molecule has 4 aromatic rings. The van der Waals surface area contributed by atoms with Crippen molar-refractivity contribution < 1.29 is 14.3 Å². The molecule has 0 N–H and O–H groups in total. The van der Waals surface area contributed by atoms with E-state index in [9.17, 15) is 4.79 Å². The van der Waals surface area contributed by atoms with Crippen molar-refractivity contribution in [3.63, 3.8) is 0 Å². The van der Waals surface area contributed by atoms with Gasteiger partial charge in [-0.1, -0.05) is 30.3 Å². The fourth-order valence-electron chi connectivity index (χ4n) is 4.95. The van der Waals surface area contributed by atoms with E-state index >= 15 is 0 Å². The van der Waals surface area contributed by atoms with Crippen LogP contribution < -0.4 is 9.47 Å². The third kappa shape index (κ3) is 3.67. The van der Waals surface area contributed by atoms with Gasteiger partial charge in [-0.3, -0.25) is 9.48 Å².